The molecule has 0 unspecified atom stereocenters. The normalized spacial score (nSPS) is 16.5. The average Bonchev–Trinajstić information content (AvgIpc) is 2.91. The smallest absolute Gasteiger partial charge is 0.0693 e. The van der Waals surface area contributed by atoms with E-state index in [1.54, 1.807) is 0 Å². The number of nitrogens with zero attached hydrogens (tertiary/aromatic N) is 1. The van der Waals surface area contributed by atoms with E-state index in [0.717, 1.165) is 13.0 Å². The van der Waals surface area contributed by atoms with Crippen molar-refractivity contribution in [3.05, 3.63) is 29.5 Å². The molecule has 3 rings (SSSR count). The van der Waals surface area contributed by atoms with Gasteiger partial charge in [0.15, 0.2) is 0 Å². The van der Waals surface area contributed by atoms with Gasteiger partial charge in [-0.15, -0.1) is 0 Å². The number of aromatic amines is 1. The fraction of sp³-hybridized carbons (Fsp3) is 0.579. The van der Waals surface area contributed by atoms with Crippen molar-refractivity contribution in [2.75, 3.05) is 19.4 Å². The zero-order valence-corrected chi connectivity index (χ0v) is 14.2. The van der Waals surface area contributed by atoms with Gasteiger partial charge in [0.1, 0.15) is 0 Å². The minimum absolute atomic E-state index is 0.643. The minimum Gasteiger partial charge on any atom is -0.381 e. The predicted octanol–water partition coefficient (Wildman–Crippen LogP) is 4.54. The molecule has 1 heterocycles. The molecule has 2 aromatic rings. The first-order valence-electron chi connectivity index (χ1n) is 8.71. The van der Waals surface area contributed by atoms with E-state index in [4.69, 9.17) is 0 Å². The molecule has 1 saturated carbocycles. The molecule has 1 aromatic carbocycles. The third kappa shape index (κ3) is 3.30. The first-order chi connectivity index (χ1) is 10.7. The number of anilines is 1. The summed E-state index contributed by atoms with van der Waals surface area (Å²) in [4.78, 5) is 5.75. The number of aromatic nitrogens is 1. The second kappa shape index (κ2) is 6.74. The molecule has 0 radical (unpaired) electrons. The van der Waals surface area contributed by atoms with Crippen molar-refractivity contribution in [3.63, 3.8) is 0 Å². The van der Waals surface area contributed by atoms with Gasteiger partial charge < -0.3 is 15.2 Å². The maximum Gasteiger partial charge on any atom is 0.0693 e. The first-order valence-corrected chi connectivity index (χ1v) is 8.71. The van der Waals surface area contributed by atoms with E-state index in [2.05, 4.69) is 54.5 Å². The number of H-pyrrole nitrogens is 1. The molecule has 0 amide bonds. The van der Waals surface area contributed by atoms with E-state index in [1.807, 2.05) is 0 Å². The van der Waals surface area contributed by atoms with Crippen molar-refractivity contribution in [3.8, 4) is 0 Å². The van der Waals surface area contributed by atoms with Gasteiger partial charge in [-0.2, -0.15) is 0 Å². The van der Waals surface area contributed by atoms with E-state index in [1.165, 1.54) is 59.8 Å². The maximum absolute atomic E-state index is 3.82. The lowest BCUT2D eigenvalue weighted by Gasteiger charge is -2.24. The number of hydrogen-bond donors (Lipinski definition) is 2. The molecular weight excluding hydrogens is 270 g/mol. The van der Waals surface area contributed by atoms with Crippen LogP contribution in [0.2, 0.25) is 0 Å². The van der Waals surface area contributed by atoms with Gasteiger partial charge in [-0.05, 0) is 56.6 Å². The van der Waals surface area contributed by atoms with Crippen LogP contribution in [0.1, 0.15) is 50.2 Å². The Morgan fingerprint density at radius 3 is 2.64 bits per heavy atom. The highest BCUT2D eigenvalue weighted by molar-refractivity contribution is 5.94. The molecule has 0 atom stereocenters. The lowest BCUT2D eigenvalue weighted by atomic mass is 9.95. The molecule has 1 fully saturated rings. The van der Waals surface area contributed by atoms with Gasteiger partial charge in [0, 0.05) is 24.2 Å². The Kier molecular flexibility index (Phi) is 4.72. The van der Waals surface area contributed by atoms with E-state index in [0.29, 0.717) is 6.04 Å². The molecular formula is C19H29N3. The Balaban J connectivity index is 1.95. The van der Waals surface area contributed by atoms with Crippen LogP contribution in [0.25, 0.3) is 10.9 Å². The van der Waals surface area contributed by atoms with Gasteiger partial charge in [0.2, 0.25) is 0 Å². The lowest BCUT2D eigenvalue weighted by molar-refractivity contribution is 0.404. The molecule has 0 saturated heterocycles. The Morgan fingerprint density at radius 2 is 1.95 bits per heavy atom. The summed E-state index contributed by atoms with van der Waals surface area (Å²) in [6.45, 7) is 3.22. The van der Waals surface area contributed by atoms with Gasteiger partial charge in [0.05, 0.1) is 11.2 Å². The topological polar surface area (TPSA) is 31.1 Å². The average molecular weight is 299 g/mol. The molecule has 1 aliphatic carbocycles. The molecule has 22 heavy (non-hydrogen) atoms. The summed E-state index contributed by atoms with van der Waals surface area (Å²) in [5.41, 5.74) is 5.39. The largest absolute Gasteiger partial charge is 0.381 e. The predicted molar refractivity (Wildman–Crippen MR) is 95.6 cm³/mol. The quantitative estimate of drug-likeness (QED) is 0.849. The lowest BCUT2D eigenvalue weighted by Crippen LogP contribution is -2.22. The van der Waals surface area contributed by atoms with E-state index < -0.39 is 0 Å². The molecule has 1 aliphatic rings. The van der Waals surface area contributed by atoms with Crippen LogP contribution in [0.4, 0.5) is 5.69 Å². The second-order valence-corrected chi connectivity index (χ2v) is 6.95. The zero-order chi connectivity index (χ0) is 15.5. The molecule has 0 spiro atoms. The fourth-order valence-electron chi connectivity index (χ4n) is 3.60. The third-order valence-corrected chi connectivity index (χ3v) is 4.79. The van der Waals surface area contributed by atoms with Crippen molar-refractivity contribution in [1.29, 1.82) is 0 Å². The van der Waals surface area contributed by atoms with Crippen LogP contribution in [0.3, 0.4) is 0 Å². The highest BCUT2D eigenvalue weighted by Gasteiger charge is 2.16. The molecule has 3 heteroatoms. The fourth-order valence-corrected chi connectivity index (χ4v) is 3.60. The van der Waals surface area contributed by atoms with E-state index >= 15 is 0 Å². The van der Waals surface area contributed by atoms with E-state index in [-0.39, 0.29) is 0 Å². The molecule has 2 N–H and O–H groups in total. The second-order valence-electron chi connectivity index (χ2n) is 6.95. The summed E-state index contributed by atoms with van der Waals surface area (Å²) in [7, 11) is 4.26. The summed E-state index contributed by atoms with van der Waals surface area (Å²) < 4.78 is 0. The summed E-state index contributed by atoms with van der Waals surface area (Å²) in [5.74, 6) is 0. The van der Waals surface area contributed by atoms with Crippen LogP contribution in [0.5, 0.6) is 0 Å². The Morgan fingerprint density at radius 1 is 1.18 bits per heavy atom. The van der Waals surface area contributed by atoms with Crippen LogP contribution < -0.4 is 5.32 Å². The van der Waals surface area contributed by atoms with E-state index in [9.17, 15) is 0 Å². The number of benzene rings is 1. The standard InChI is InChI=1S/C19H29N3/c1-4-14-10-17-15(13-22(2)3)12-20-19(17)18(11-14)21-16-8-6-5-7-9-16/h10-12,16,20-21H,4-9,13H2,1-3H3. The van der Waals surface area contributed by atoms with Crippen molar-refractivity contribution in [2.24, 2.45) is 0 Å². The van der Waals surface area contributed by atoms with Crippen LogP contribution in [-0.4, -0.2) is 30.0 Å². The monoisotopic (exact) mass is 299 g/mol. The molecule has 3 nitrogen and oxygen atoms in total. The first kappa shape index (κ1) is 15.4. The van der Waals surface area contributed by atoms with Crippen molar-refractivity contribution >= 4 is 16.6 Å². The number of rotatable bonds is 5. The van der Waals surface area contributed by atoms with Crippen LogP contribution in [0, 0.1) is 0 Å². The van der Waals surface area contributed by atoms with Gasteiger partial charge in [-0.3, -0.25) is 0 Å². The highest BCUT2D eigenvalue weighted by atomic mass is 15.1. The molecule has 120 valence electrons. The zero-order valence-electron chi connectivity index (χ0n) is 14.2. The Hall–Kier alpha value is -1.48. The summed E-state index contributed by atoms with van der Waals surface area (Å²) in [6.07, 6.45) is 10.0. The Bertz CT molecular complexity index is 621. The molecule has 1 aromatic heterocycles. The summed E-state index contributed by atoms with van der Waals surface area (Å²) in [6, 6.07) is 5.34. The number of fused-ring (bicyclic) bond motifs is 1. The van der Waals surface area contributed by atoms with Crippen LogP contribution in [-0.2, 0) is 13.0 Å². The number of hydrogen-bond acceptors (Lipinski definition) is 2. The van der Waals surface area contributed by atoms with Crippen LogP contribution in [0.15, 0.2) is 18.3 Å². The number of nitrogens with one attached hydrogen (secondary N) is 2. The summed E-state index contributed by atoms with van der Waals surface area (Å²) in [5, 5.41) is 5.20. The van der Waals surface area contributed by atoms with Gasteiger partial charge in [0.25, 0.3) is 0 Å². The van der Waals surface area contributed by atoms with Crippen LogP contribution >= 0.6 is 0 Å². The summed E-state index contributed by atoms with van der Waals surface area (Å²) >= 11 is 0. The molecule has 0 aliphatic heterocycles. The number of aryl methyl sites for hydroxylation is 1. The SMILES string of the molecule is CCc1cc(NC2CCCCC2)c2[nH]cc(CN(C)C)c2c1. The highest BCUT2D eigenvalue weighted by Crippen LogP contribution is 2.31. The van der Waals surface area contributed by atoms with Crippen molar-refractivity contribution < 1.29 is 0 Å². The van der Waals surface area contributed by atoms with Crippen molar-refractivity contribution in [2.45, 2.75) is 58.0 Å². The van der Waals surface area contributed by atoms with Gasteiger partial charge in [-0.1, -0.05) is 26.2 Å². The minimum atomic E-state index is 0.643. The van der Waals surface area contributed by atoms with Gasteiger partial charge >= 0.3 is 0 Å². The van der Waals surface area contributed by atoms with Gasteiger partial charge in [-0.25, -0.2) is 0 Å². The van der Waals surface area contributed by atoms with Crippen molar-refractivity contribution in [1.82, 2.24) is 9.88 Å². The molecule has 0 bridgehead atoms. The Labute approximate surface area is 134 Å². The maximum atomic E-state index is 3.82. The third-order valence-electron chi connectivity index (χ3n) is 4.79.